The molecular formula is C9H11N3O2S. The molecule has 0 radical (unpaired) electrons. The summed E-state index contributed by atoms with van der Waals surface area (Å²) < 4.78 is 24.1. The van der Waals surface area contributed by atoms with Crippen molar-refractivity contribution in [3.63, 3.8) is 0 Å². The fourth-order valence-corrected chi connectivity index (χ4v) is 1.93. The Morgan fingerprint density at radius 3 is 2.60 bits per heavy atom. The van der Waals surface area contributed by atoms with Gasteiger partial charge in [0.05, 0.1) is 17.4 Å². The van der Waals surface area contributed by atoms with Crippen molar-refractivity contribution in [3.05, 3.63) is 24.3 Å². The number of anilines is 2. The summed E-state index contributed by atoms with van der Waals surface area (Å²) in [7, 11) is -2.22. The van der Waals surface area contributed by atoms with Gasteiger partial charge in [-0.15, -0.1) is 0 Å². The van der Waals surface area contributed by atoms with Crippen LogP contribution in [-0.4, -0.2) is 21.2 Å². The Morgan fingerprint density at radius 1 is 1.47 bits per heavy atom. The predicted molar refractivity (Wildman–Crippen MR) is 58.7 cm³/mol. The highest BCUT2D eigenvalue weighted by molar-refractivity contribution is 7.93. The van der Waals surface area contributed by atoms with Gasteiger partial charge in [-0.25, -0.2) is 8.42 Å². The third-order valence-electron chi connectivity index (χ3n) is 1.94. The lowest BCUT2D eigenvalue weighted by Gasteiger charge is -2.19. The van der Waals surface area contributed by atoms with Crippen molar-refractivity contribution in [1.82, 2.24) is 0 Å². The Bertz CT molecular complexity index is 490. The molecule has 0 aliphatic rings. The molecule has 0 saturated carbocycles. The molecule has 0 aromatic heterocycles. The van der Waals surface area contributed by atoms with E-state index in [1.807, 2.05) is 0 Å². The van der Waals surface area contributed by atoms with Crippen LogP contribution in [0.25, 0.3) is 0 Å². The first-order valence-electron chi connectivity index (χ1n) is 4.17. The van der Waals surface area contributed by atoms with Crippen LogP contribution in [0.2, 0.25) is 0 Å². The van der Waals surface area contributed by atoms with Gasteiger partial charge in [0.1, 0.15) is 0 Å². The van der Waals surface area contributed by atoms with Crippen LogP contribution in [0.3, 0.4) is 0 Å². The van der Waals surface area contributed by atoms with Crippen molar-refractivity contribution in [2.24, 2.45) is 0 Å². The van der Waals surface area contributed by atoms with Crippen molar-refractivity contribution in [3.8, 4) is 6.07 Å². The van der Waals surface area contributed by atoms with Crippen LogP contribution >= 0.6 is 0 Å². The summed E-state index contributed by atoms with van der Waals surface area (Å²) in [5, 5.41) is 8.38. The second-order valence-corrected chi connectivity index (χ2v) is 4.94. The van der Waals surface area contributed by atoms with Crippen LogP contribution in [-0.2, 0) is 10.0 Å². The zero-order valence-electron chi connectivity index (χ0n) is 8.21. The summed E-state index contributed by atoms with van der Waals surface area (Å²) >= 11 is 0. The number of hydrogen-bond donors (Lipinski definition) is 1. The van der Waals surface area contributed by atoms with E-state index in [-0.39, 0.29) is 0 Å². The van der Waals surface area contributed by atoms with E-state index >= 15 is 0 Å². The van der Waals surface area contributed by atoms with E-state index in [0.717, 1.165) is 4.31 Å². The number of para-hydroxylation sites is 2. The van der Waals surface area contributed by atoms with Gasteiger partial charge >= 0.3 is 0 Å². The first-order chi connectivity index (χ1) is 6.99. The maximum atomic E-state index is 11.5. The van der Waals surface area contributed by atoms with E-state index in [1.165, 1.54) is 7.05 Å². The maximum absolute atomic E-state index is 11.5. The van der Waals surface area contributed by atoms with Crippen molar-refractivity contribution in [2.45, 2.75) is 0 Å². The number of nitriles is 1. The fraction of sp³-hybridized carbons (Fsp3) is 0.222. The molecule has 1 aromatic rings. The summed E-state index contributed by atoms with van der Waals surface area (Å²) in [6, 6.07) is 8.20. The van der Waals surface area contributed by atoms with Crippen LogP contribution < -0.4 is 10.0 Å². The minimum atomic E-state index is -3.59. The molecule has 0 saturated heterocycles. The Hall–Kier alpha value is -1.74. The highest BCUT2D eigenvalue weighted by Crippen LogP contribution is 2.23. The molecule has 6 heteroatoms. The molecule has 2 N–H and O–H groups in total. The summed E-state index contributed by atoms with van der Waals surface area (Å²) in [5.74, 6) is -0.558. The molecule has 5 nitrogen and oxygen atoms in total. The second kappa shape index (κ2) is 4.19. The van der Waals surface area contributed by atoms with Crippen molar-refractivity contribution >= 4 is 21.4 Å². The molecule has 0 atom stereocenters. The number of nitrogen functional groups attached to an aromatic ring is 1. The molecule has 0 amide bonds. The SMILES string of the molecule is CN(c1ccccc1N)S(=O)(=O)CC#N. The molecule has 0 fully saturated rings. The molecule has 80 valence electrons. The maximum Gasteiger partial charge on any atom is 0.248 e. The fourth-order valence-electron chi connectivity index (χ4n) is 1.10. The standard InChI is InChI=1S/C9H11N3O2S/c1-12(15(13,14)7-6-10)9-5-3-2-4-8(9)11/h2-5H,7,11H2,1H3. The number of benzene rings is 1. The highest BCUT2D eigenvalue weighted by atomic mass is 32.2. The Labute approximate surface area is 88.8 Å². The van der Waals surface area contributed by atoms with E-state index in [1.54, 1.807) is 30.3 Å². The van der Waals surface area contributed by atoms with Gasteiger partial charge < -0.3 is 5.73 Å². The van der Waals surface area contributed by atoms with E-state index < -0.39 is 15.8 Å². The number of sulfonamides is 1. The molecular weight excluding hydrogens is 214 g/mol. The molecule has 0 heterocycles. The predicted octanol–water partition coefficient (Wildman–Crippen LogP) is 0.558. The van der Waals surface area contributed by atoms with Crippen LogP contribution in [0.4, 0.5) is 11.4 Å². The zero-order chi connectivity index (χ0) is 11.5. The van der Waals surface area contributed by atoms with Gasteiger partial charge in [-0.2, -0.15) is 5.26 Å². The van der Waals surface area contributed by atoms with Crippen LogP contribution in [0.15, 0.2) is 24.3 Å². The highest BCUT2D eigenvalue weighted by Gasteiger charge is 2.19. The van der Waals surface area contributed by atoms with E-state index in [2.05, 4.69) is 0 Å². The lowest BCUT2D eigenvalue weighted by molar-refractivity contribution is 0.597. The summed E-state index contributed by atoms with van der Waals surface area (Å²) in [6.45, 7) is 0. The van der Waals surface area contributed by atoms with Gasteiger partial charge in [0.15, 0.2) is 5.75 Å². The van der Waals surface area contributed by atoms with Gasteiger partial charge in [-0.1, -0.05) is 12.1 Å². The molecule has 1 aromatic carbocycles. The largest absolute Gasteiger partial charge is 0.397 e. The lowest BCUT2D eigenvalue weighted by Crippen LogP contribution is -2.29. The van der Waals surface area contributed by atoms with E-state index in [9.17, 15) is 8.42 Å². The smallest absolute Gasteiger partial charge is 0.248 e. The molecule has 0 aliphatic heterocycles. The number of hydrogen-bond acceptors (Lipinski definition) is 4. The average Bonchev–Trinajstić information content (AvgIpc) is 2.17. The van der Waals surface area contributed by atoms with Crippen molar-refractivity contribution < 1.29 is 8.42 Å². The minimum Gasteiger partial charge on any atom is -0.397 e. The minimum absolute atomic E-state index is 0.363. The van der Waals surface area contributed by atoms with Crippen LogP contribution in [0.1, 0.15) is 0 Å². The first-order valence-corrected chi connectivity index (χ1v) is 5.78. The van der Waals surface area contributed by atoms with Gasteiger partial charge in [0, 0.05) is 7.05 Å². The molecule has 0 spiro atoms. The zero-order valence-corrected chi connectivity index (χ0v) is 9.03. The molecule has 1 rings (SSSR count). The first kappa shape index (κ1) is 11.3. The number of nitrogens with two attached hydrogens (primary N) is 1. The number of nitrogens with zero attached hydrogens (tertiary/aromatic N) is 2. The van der Waals surface area contributed by atoms with E-state index in [4.69, 9.17) is 11.0 Å². The average molecular weight is 225 g/mol. The third-order valence-corrected chi connectivity index (χ3v) is 3.47. The Morgan fingerprint density at radius 2 is 2.07 bits per heavy atom. The van der Waals surface area contributed by atoms with Gasteiger partial charge in [0.2, 0.25) is 10.0 Å². The molecule has 0 bridgehead atoms. The lowest BCUT2D eigenvalue weighted by atomic mass is 10.3. The van der Waals surface area contributed by atoms with Crippen LogP contribution in [0.5, 0.6) is 0 Å². The van der Waals surface area contributed by atoms with Crippen LogP contribution in [0, 0.1) is 11.3 Å². The summed E-state index contributed by atoms with van der Waals surface area (Å²) in [4.78, 5) is 0. The monoisotopic (exact) mass is 225 g/mol. The van der Waals surface area contributed by atoms with Gasteiger partial charge in [0.25, 0.3) is 0 Å². The summed E-state index contributed by atoms with van der Waals surface area (Å²) in [5.41, 5.74) is 6.37. The molecule has 0 aliphatic carbocycles. The number of rotatable bonds is 3. The summed E-state index contributed by atoms with van der Waals surface area (Å²) in [6.07, 6.45) is 0. The third kappa shape index (κ3) is 2.39. The quantitative estimate of drug-likeness (QED) is 0.761. The molecule has 0 unspecified atom stereocenters. The van der Waals surface area contributed by atoms with Crippen molar-refractivity contribution in [1.29, 1.82) is 5.26 Å². The van der Waals surface area contributed by atoms with Gasteiger partial charge in [-0.05, 0) is 12.1 Å². The normalized spacial score (nSPS) is 10.7. The molecule has 15 heavy (non-hydrogen) atoms. The topological polar surface area (TPSA) is 87.2 Å². The Kier molecular flexibility index (Phi) is 3.17. The van der Waals surface area contributed by atoms with E-state index in [0.29, 0.717) is 11.4 Å². The second-order valence-electron chi connectivity index (χ2n) is 2.94. The van der Waals surface area contributed by atoms with Gasteiger partial charge in [-0.3, -0.25) is 4.31 Å². The Balaban J connectivity index is 3.12. The van der Waals surface area contributed by atoms with Crippen molar-refractivity contribution in [2.75, 3.05) is 22.8 Å².